The van der Waals surface area contributed by atoms with E-state index < -0.39 is 12.1 Å². The fraction of sp³-hybridized carbons (Fsp3) is 0.308. The number of likely N-dealkylation sites (tertiary alicyclic amines) is 1. The van der Waals surface area contributed by atoms with Crippen LogP contribution in [-0.2, 0) is 0 Å². The van der Waals surface area contributed by atoms with Crippen molar-refractivity contribution in [3.63, 3.8) is 0 Å². The second-order valence-electron chi connectivity index (χ2n) is 8.26. The van der Waals surface area contributed by atoms with Crippen molar-refractivity contribution >= 4 is 41.0 Å². The lowest BCUT2D eigenvalue weighted by Gasteiger charge is -2.26. The number of anilines is 1. The van der Waals surface area contributed by atoms with E-state index in [4.69, 9.17) is 27.9 Å². The molecule has 0 saturated carbocycles. The minimum Gasteiger partial charge on any atom is -0.492 e. The fourth-order valence-corrected chi connectivity index (χ4v) is 4.48. The maximum Gasteiger partial charge on any atom is 0.573 e. The topological polar surface area (TPSA) is 33.7 Å². The normalized spacial score (nSPS) is 17.1. The van der Waals surface area contributed by atoms with Crippen LogP contribution in [0.3, 0.4) is 0 Å². The van der Waals surface area contributed by atoms with Gasteiger partial charge in [0.15, 0.2) is 0 Å². The Labute approximate surface area is 212 Å². The highest BCUT2D eigenvalue weighted by molar-refractivity contribution is 6.32. The molecule has 4 rings (SSSR count). The second kappa shape index (κ2) is 11.4. The van der Waals surface area contributed by atoms with Gasteiger partial charge in [-0.05, 0) is 74.5 Å². The van der Waals surface area contributed by atoms with Crippen LogP contribution in [0.2, 0.25) is 10.0 Å². The quantitative estimate of drug-likeness (QED) is 0.400. The van der Waals surface area contributed by atoms with Gasteiger partial charge in [0.1, 0.15) is 18.1 Å². The molecular formula is C26H25Cl2F3N2O2. The lowest BCUT2D eigenvalue weighted by atomic mass is 10.0. The maximum atomic E-state index is 12.5. The number of allylic oxidation sites excluding steroid dienone is 3. The third-order valence-corrected chi connectivity index (χ3v) is 6.35. The van der Waals surface area contributed by atoms with E-state index >= 15 is 0 Å². The van der Waals surface area contributed by atoms with Crippen molar-refractivity contribution in [3.8, 4) is 11.5 Å². The molecule has 1 heterocycles. The molecule has 2 aliphatic rings. The number of nitrogens with one attached hydrogen (secondary N) is 1. The van der Waals surface area contributed by atoms with Crippen LogP contribution in [0.15, 0.2) is 54.3 Å². The number of piperidine rings is 1. The molecule has 1 aliphatic heterocycles. The van der Waals surface area contributed by atoms with Crippen LogP contribution in [0, 0.1) is 0 Å². The predicted octanol–water partition coefficient (Wildman–Crippen LogP) is 7.79. The summed E-state index contributed by atoms with van der Waals surface area (Å²) < 4.78 is 47.5. The van der Waals surface area contributed by atoms with Crippen LogP contribution in [-0.4, -0.2) is 37.5 Å². The number of hydrogen-bond donors (Lipinski definition) is 1. The molecule has 0 atom stereocenters. The smallest absolute Gasteiger partial charge is 0.492 e. The second-order valence-corrected chi connectivity index (χ2v) is 9.07. The van der Waals surface area contributed by atoms with Crippen molar-refractivity contribution in [2.75, 3.05) is 31.6 Å². The van der Waals surface area contributed by atoms with Crippen LogP contribution >= 0.6 is 23.2 Å². The molecule has 186 valence electrons. The maximum absolute atomic E-state index is 12.5. The highest BCUT2D eigenvalue weighted by Crippen LogP contribution is 2.34. The molecule has 0 spiro atoms. The number of ether oxygens (including phenoxy) is 2. The highest BCUT2D eigenvalue weighted by atomic mass is 35.5. The lowest BCUT2D eigenvalue weighted by molar-refractivity contribution is -0.274. The molecule has 0 radical (unpaired) electrons. The summed E-state index contributed by atoms with van der Waals surface area (Å²) in [5, 5.41) is 3.61. The van der Waals surface area contributed by atoms with E-state index in [9.17, 15) is 13.2 Å². The minimum absolute atomic E-state index is 0.153. The van der Waals surface area contributed by atoms with Crippen molar-refractivity contribution in [3.05, 3.63) is 75.4 Å². The molecule has 0 bridgehead atoms. The van der Waals surface area contributed by atoms with Crippen molar-refractivity contribution in [2.24, 2.45) is 0 Å². The molecule has 1 saturated heterocycles. The standard InChI is InChI=1S/C26H25Cl2F3N2O2/c27-22-10-12-24(34-16-15-33-13-2-1-3-14-33)21-9-7-18(5-4-6-20(21)22)32-19-8-11-25(23(28)17-19)35-26(29,30)31/h4-12,17,32H,1-3,13-16H2/b5-4?,6-4+,9-7?,18-5?,18-7?,20-6?,21-9?. The molecule has 9 heteroatoms. The van der Waals surface area contributed by atoms with Gasteiger partial charge in [0.25, 0.3) is 0 Å². The summed E-state index contributed by atoms with van der Waals surface area (Å²) in [4.78, 5) is 2.42. The third kappa shape index (κ3) is 7.19. The summed E-state index contributed by atoms with van der Waals surface area (Å²) in [6.07, 6.45) is 8.27. The van der Waals surface area contributed by atoms with Crippen molar-refractivity contribution < 1.29 is 22.6 Å². The summed E-state index contributed by atoms with van der Waals surface area (Å²) >= 11 is 12.4. The summed E-state index contributed by atoms with van der Waals surface area (Å²) in [7, 11) is 0. The Bertz CT molecular complexity index is 1140. The van der Waals surface area contributed by atoms with Gasteiger partial charge in [0, 0.05) is 34.1 Å². The number of nitrogens with zero attached hydrogens (tertiary/aromatic N) is 1. The number of halogens is 5. The molecule has 4 nitrogen and oxygen atoms in total. The Morgan fingerprint density at radius 2 is 1.66 bits per heavy atom. The van der Waals surface area contributed by atoms with Crippen molar-refractivity contribution in [1.82, 2.24) is 4.90 Å². The third-order valence-electron chi connectivity index (χ3n) is 5.72. The highest BCUT2D eigenvalue weighted by Gasteiger charge is 2.32. The zero-order valence-corrected chi connectivity index (χ0v) is 20.4. The van der Waals surface area contributed by atoms with Crippen molar-refractivity contribution in [1.29, 1.82) is 0 Å². The van der Waals surface area contributed by atoms with Gasteiger partial charge in [0.05, 0.1) is 5.02 Å². The molecular weight excluding hydrogens is 500 g/mol. The van der Waals surface area contributed by atoms with Gasteiger partial charge < -0.3 is 14.8 Å². The Morgan fingerprint density at radius 1 is 0.886 bits per heavy atom. The first-order valence-electron chi connectivity index (χ1n) is 11.3. The number of benzene rings is 2. The average molecular weight is 525 g/mol. The summed E-state index contributed by atoms with van der Waals surface area (Å²) in [6, 6.07) is 7.70. The number of alkyl halides is 3. The summed E-state index contributed by atoms with van der Waals surface area (Å²) in [5.41, 5.74) is 2.92. The van der Waals surface area contributed by atoms with E-state index in [2.05, 4.69) is 15.0 Å². The lowest BCUT2D eigenvalue weighted by Crippen LogP contribution is -2.33. The molecule has 0 unspecified atom stereocenters. The first-order valence-corrected chi connectivity index (χ1v) is 12.1. The first-order chi connectivity index (χ1) is 16.8. The Morgan fingerprint density at radius 3 is 2.40 bits per heavy atom. The number of hydrogen-bond acceptors (Lipinski definition) is 4. The minimum atomic E-state index is -4.81. The van der Waals surface area contributed by atoms with Gasteiger partial charge in [-0.3, -0.25) is 4.90 Å². The molecule has 2 aromatic carbocycles. The molecule has 35 heavy (non-hydrogen) atoms. The van der Waals surface area contributed by atoms with Gasteiger partial charge >= 0.3 is 6.36 Å². The van der Waals surface area contributed by atoms with E-state index in [0.717, 1.165) is 36.5 Å². The zero-order chi connectivity index (χ0) is 24.8. The van der Waals surface area contributed by atoms with Gasteiger partial charge in [-0.15, -0.1) is 13.2 Å². The van der Waals surface area contributed by atoms with Gasteiger partial charge in [-0.2, -0.15) is 0 Å². The molecule has 0 amide bonds. The van der Waals surface area contributed by atoms with Crippen LogP contribution in [0.25, 0.3) is 12.2 Å². The van der Waals surface area contributed by atoms with E-state index in [1.54, 1.807) is 0 Å². The van der Waals surface area contributed by atoms with E-state index in [-0.39, 0.29) is 5.02 Å². The average Bonchev–Trinajstić information content (AvgIpc) is 2.79. The molecule has 1 aliphatic carbocycles. The van der Waals surface area contributed by atoms with Crippen LogP contribution < -0.4 is 14.8 Å². The Kier molecular flexibility index (Phi) is 8.31. The zero-order valence-electron chi connectivity index (χ0n) is 18.9. The first kappa shape index (κ1) is 25.5. The van der Waals surface area contributed by atoms with Gasteiger partial charge in [-0.1, -0.05) is 41.8 Å². The van der Waals surface area contributed by atoms with Crippen molar-refractivity contribution in [2.45, 2.75) is 25.6 Å². The van der Waals surface area contributed by atoms with E-state index in [0.29, 0.717) is 23.0 Å². The summed E-state index contributed by atoms with van der Waals surface area (Å²) in [6.45, 7) is 3.67. The SMILES string of the molecule is FC(F)(F)Oc1ccc(NC2=C/C=C/c3c(Cl)ccc(OCCN4CCCCC4)c3C=C2)cc1Cl. The Hall–Kier alpha value is -2.61. The van der Waals surface area contributed by atoms with E-state index in [1.807, 2.05) is 42.5 Å². The largest absolute Gasteiger partial charge is 0.573 e. The molecule has 1 N–H and O–H groups in total. The van der Waals surface area contributed by atoms with E-state index in [1.165, 1.54) is 37.5 Å². The Balaban J connectivity index is 1.47. The van der Waals surface area contributed by atoms with Gasteiger partial charge in [0.2, 0.25) is 0 Å². The van der Waals surface area contributed by atoms with Crippen LogP contribution in [0.1, 0.15) is 30.4 Å². The van der Waals surface area contributed by atoms with Crippen LogP contribution in [0.4, 0.5) is 18.9 Å². The fourth-order valence-electron chi connectivity index (χ4n) is 4.04. The molecule has 2 aromatic rings. The number of rotatable bonds is 7. The predicted molar refractivity (Wildman–Crippen MR) is 135 cm³/mol. The molecule has 0 aromatic heterocycles. The molecule has 1 fully saturated rings. The monoisotopic (exact) mass is 524 g/mol. The van der Waals surface area contributed by atoms with Crippen LogP contribution in [0.5, 0.6) is 11.5 Å². The number of fused-ring (bicyclic) bond motifs is 1. The van der Waals surface area contributed by atoms with Gasteiger partial charge in [-0.25, -0.2) is 0 Å². The summed E-state index contributed by atoms with van der Waals surface area (Å²) in [5.74, 6) is 0.280.